The summed E-state index contributed by atoms with van der Waals surface area (Å²) in [6, 6.07) is 33.0. The maximum absolute atomic E-state index is 12.3. The average molecular weight is 478 g/mol. The Kier molecular flexibility index (Phi) is 8.28. The van der Waals surface area contributed by atoms with Gasteiger partial charge in [-0.15, -0.1) is 0 Å². The zero-order chi connectivity index (χ0) is 25.2. The molecule has 5 heteroatoms. The molecule has 0 aliphatic heterocycles. The van der Waals surface area contributed by atoms with Crippen LogP contribution < -0.4 is 10.1 Å². The first-order chi connectivity index (χ1) is 17.6. The van der Waals surface area contributed by atoms with Crippen LogP contribution in [0.4, 0.5) is 4.79 Å². The summed E-state index contributed by atoms with van der Waals surface area (Å²) in [4.78, 5) is 23.4. The molecule has 5 nitrogen and oxygen atoms in total. The van der Waals surface area contributed by atoms with Crippen LogP contribution in [-0.4, -0.2) is 12.1 Å². The van der Waals surface area contributed by atoms with Crippen LogP contribution in [-0.2, 0) is 22.7 Å². The van der Waals surface area contributed by atoms with Crippen molar-refractivity contribution in [2.45, 2.75) is 20.1 Å². The average Bonchev–Trinajstić information content (AvgIpc) is 2.91. The Morgan fingerprint density at radius 1 is 0.750 bits per heavy atom. The number of nitrogens with one attached hydrogen (secondary N) is 1. The first-order valence-electron chi connectivity index (χ1n) is 11.7. The van der Waals surface area contributed by atoms with Crippen LogP contribution in [0.2, 0.25) is 0 Å². The van der Waals surface area contributed by atoms with Gasteiger partial charge in [-0.2, -0.15) is 0 Å². The highest BCUT2D eigenvalue weighted by atomic mass is 16.5. The number of alkyl carbamates (subject to hydrolysis) is 1. The maximum atomic E-state index is 12.3. The molecule has 36 heavy (non-hydrogen) atoms. The second-order valence-electron chi connectivity index (χ2n) is 8.16. The molecule has 0 fully saturated rings. The van der Waals surface area contributed by atoms with Crippen LogP contribution in [0.1, 0.15) is 29.2 Å². The fourth-order valence-electron chi connectivity index (χ4n) is 3.77. The molecule has 4 aromatic carbocycles. The summed E-state index contributed by atoms with van der Waals surface area (Å²) in [7, 11) is 0. The van der Waals surface area contributed by atoms with Crippen LogP contribution in [0, 0.1) is 0 Å². The number of amides is 1. The van der Waals surface area contributed by atoms with Crippen molar-refractivity contribution in [3.63, 3.8) is 0 Å². The van der Waals surface area contributed by atoms with Crippen molar-refractivity contribution in [2.24, 2.45) is 0 Å². The molecule has 0 bridgehead atoms. The smallest absolute Gasteiger partial charge is 0.407 e. The molecule has 0 saturated heterocycles. The van der Waals surface area contributed by atoms with Crippen molar-refractivity contribution in [3.8, 4) is 16.9 Å². The van der Waals surface area contributed by atoms with Crippen LogP contribution in [0.25, 0.3) is 23.3 Å². The van der Waals surface area contributed by atoms with Crippen LogP contribution >= 0.6 is 0 Å². The quantitative estimate of drug-likeness (QED) is 0.171. The second kappa shape index (κ2) is 12.2. The van der Waals surface area contributed by atoms with Gasteiger partial charge in [0.05, 0.1) is 0 Å². The molecular weight excluding hydrogens is 450 g/mol. The Balaban J connectivity index is 1.46. The van der Waals surface area contributed by atoms with Gasteiger partial charge in [-0.05, 0) is 45.5 Å². The number of ether oxygens (including phenoxy) is 2. The second-order valence-corrected chi connectivity index (χ2v) is 8.16. The van der Waals surface area contributed by atoms with Crippen LogP contribution in [0.5, 0.6) is 5.75 Å². The topological polar surface area (TPSA) is 64.6 Å². The lowest BCUT2D eigenvalue weighted by Crippen LogP contribution is -2.23. The summed E-state index contributed by atoms with van der Waals surface area (Å²) >= 11 is 0. The minimum Gasteiger partial charge on any atom is -0.445 e. The van der Waals surface area contributed by atoms with E-state index in [1.165, 1.54) is 6.92 Å². The van der Waals surface area contributed by atoms with E-state index in [-0.39, 0.29) is 12.6 Å². The predicted molar refractivity (Wildman–Crippen MR) is 142 cm³/mol. The van der Waals surface area contributed by atoms with E-state index in [1.807, 2.05) is 84.9 Å². The SMILES string of the molecule is CC(=O)Oc1ccc(/C=C/c2ccccc2-c2ccccc2CNC(=O)OCc2ccccc2)cc1. The third-order valence-electron chi connectivity index (χ3n) is 5.50. The summed E-state index contributed by atoms with van der Waals surface area (Å²) in [6.07, 6.45) is 3.60. The number of hydrogen-bond donors (Lipinski definition) is 1. The summed E-state index contributed by atoms with van der Waals surface area (Å²) in [5.41, 5.74) is 6.04. The van der Waals surface area contributed by atoms with Crippen LogP contribution in [0.15, 0.2) is 103 Å². The number of hydrogen-bond acceptors (Lipinski definition) is 4. The van der Waals surface area contributed by atoms with Gasteiger partial charge < -0.3 is 14.8 Å². The van der Waals surface area contributed by atoms with E-state index in [0.717, 1.165) is 33.4 Å². The highest BCUT2D eigenvalue weighted by molar-refractivity contribution is 5.82. The Morgan fingerprint density at radius 3 is 2.17 bits per heavy atom. The van der Waals surface area contributed by atoms with Crippen molar-refractivity contribution in [2.75, 3.05) is 0 Å². The highest BCUT2D eigenvalue weighted by Gasteiger charge is 2.10. The molecule has 4 rings (SSSR count). The van der Waals surface area contributed by atoms with Crippen molar-refractivity contribution in [1.82, 2.24) is 5.32 Å². The lowest BCUT2D eigenvalue weighted by atomic mass is 9.95. The zero-order valence-corrected chi connectivity index (χ0v) is 20.0. The fraction of sp³-hybridized carbons (Fsp3) is 0.0968. The fourth-order valence-corrected chi connectivity index (χ4v) is 3.77. The normalized spacial score (nSPS) is 10.7. The molecule has 0 unspecified atom stereocenters. The standard InChI is InChI=1S/C31H27NO4/c1-23(33)36-28-19-16-24(17-20-28)15-18-26-11-5-7-13-29(26)30-14-8-6-12-27(30)21-32-31(34)35-22-25-9-3-2-4-10-25/h2-20H,21-22H2,1H3,(H,32,34)/b18-15+. The maximum Gasteiger partial charge on any atom is 0.407 e. The van der Waals surface area contributed by atoms with Crippen LogP contribution in [0.3, 0.4) is 0 Å². The van der Waals surface area contributed by atoms with Crippen molar-refractivity contribution in [1.29, 1.82) is 0 Å². The molecule has 0 aromatic heterocycles. The van der Waals surface area contributed by atoms with Gasteiger partial charge in [-0.3, -0.25) is 4.79 Å². The first-order valence-corrected chi connectivity index (χ1v) is 11.7. The molecule has 1 amide bonds. The van der Waals surface area contributed by atoms with Gasteiger partial charge in [0, 0.05) is 13.5 Å². The minimum atomic E-state index is -0.459. The molecule has 0 aliphatic rings. The van der Waals surface area contributed by atoms with E-state index in [4.69, 9.17) is 9.47 Å². The minimum absolute atomic E-state index is 0.226. The molecule has 0 spiro atoms. The number of carbonyl (C=O) groups excluding carboxylic acids is 2. The van der Waals surface area contributed by atoms with Crippen molar-refractivity contribution in [3.05, 3.63) is 125 Å². The molecule has 0 heterocycles. The van der Waals surface area contributed by atoms with Gasteiger partial charge in [-0.25, -0.2) is 4.79 Å². The number of rotatable bonds is 8. The van der Waals surface area contributed by atoms with E-state index < -0.39 is 6.09 Å². The van der Waals surface area contributed by atoms with E-state index >= 15 is 0 Å². The van der Waals surface area contributed by atoms with Gasteiger partial charge in [0.2, 0.25) is 0 Å². The number of esters is 1. The molecule has 0 atom stereocenters. The molecule has 0 radical (unpaired) electrons. The van der Waals surface area contributed by atoms with Gasteiger partial charge >= 0.3 is 12.1 Å². The van der Waals surface area contributed by atoms with Gasteiger partial charge in [0.1, 0.15) is 12.4 Å². The lowest BCUT2D eigenvalue weighted by molar-refractivity contribution is -0.131. The third kappa shape index (κ3) is 6.93. The molecule has 180 valence electrons. The monoisotopic (exact) mass is 477 g/mol. The van der Waals surface area contributed by atoms with Gasteiger partial charge in [-0.1, -0.05) is 103 Å². The summed E-state index contributed by atoms with van der Waals surface area (Å²) in [5.74, 6) is 0.175. The van der Waals surface area contributed by atoms with Crippen molar-refractivity contribution >= 4 is 24.2 Å². The van der Waals surface area contributed by atoms with Crippen molar-refractivity contribution < 1.29 is 19.1 Å². The van der Waals surface area contributed by atoms with E-state index in [2.05, 4.69) is 23.5 Å². The summed E-state index contributed by atoms with van der Waals surface area (Å²) in [6.45, 7) is 1.95. The Labute approximate surface area is 211 Å². The molecule has 0 saturated carbocycles. The first kappa shape index (κ1) is 24.5. The molecule has 4 aromatic rings. The Bertz CT molecular complexity index is 1340. The zero-order valence-electron chi connectivity index (χ0n) is 20.0. The number of benzene rings is 4. The highest BCUT2D eigenvalue weighted by Crippen LogP contribution is 2.29. The molecule has 0 aliphatic carbocycles. The summed E-state index contributed by atoms with van der Waals surface area (Å²) < 4.78 is 10.4. The lowest BCUT2D eigenvalue weighted by Gasteiger charge is -2.13. The van der Waals surface area contributed by atoms with Gasteiger partial charge in [0.15, 0.2) is 0 Å². The predicted octanol–water partition coefficient (Wildman–Crippen LogP) is 6.88. The Morgan fingerprint density at radius 2 is 1.42 bits per heavy atom. The third-order valence-corrected chi connectivity index (χ3v) is 5.50. The van der Waals surface area contributed by atoms with E-state index in [1.54, 1.807) is 12.1 Å². The Hall–Kier alpha value is -4.64. The largest absolute Gasteiger partial charge is 0.445 e. The molecule has 1 N–H and O–H groups in total. The number of carbonyl (C=O) groups is 2. The summed E-state index contributed by atoms with van der Waals surface area (Å²) in [5, 5.41) is 2.86. The molecular formula is C31H27NO4. The van der Waals surface area contributed by atoms with E-state index in [0.29, 0.717) is 12.3 Å². The van der Waals surface area contributed by atoms with Gasteiger partial charge in [0.25, 0.3) is 0 Å². The van der Waals surface area contributed by atoms with E-state index in [9.17, 15) is 9.59 Å².